The Hall–Kier alpha value is -2.17. The summed E-state index contributed by atoms with van der Waals surface area (Å²) in [4.78, 5) is 34.2. The maximum Gasteiger partial charge on any atom is 0.379 e. The second kappa shape index (κ2) is 4.37. The molecule has 0 radical (unpaired) electrons. The number of ether oxygens (including phenoxy) is 1. The largest absolute Gasteiger partial charge is 0.463 e. The molecular formula is C12H11NO4. The van der Waals surface area contributed by atoms with Crippen LogP contribution in [0.5, 0.6) is 0 Å². The van der Waals surface area contributed by atoms with Gasteiger partial charge in [-0.05, 0) is 18.1 Å². The number of esters is 1. The Morgan fingerprint density at radius 2 is 2.12 bits per heavy atom. The van der Waals surface area contributed by atoms with Crippen LogP contribution in [-0.2, 0) is 16.0 Å². The van der Waals surface area contributed by atoms with Gasteiger partial charge in [0.1, 0.15) is 0 Å². The Morgan fingerprint density at radius 3 is 2.82 bits per heavy atom. The van der Waals surface area contributed by atoms with Crippen molar-refractivity contribution in [2.75, 3.05) is 13.7 Å². The normalized spacial score (nSPS) is 13.6. The molecule has 1 aliphatic rings. The topological polar surface area (TPSA) is 72.5 Å². The summed E-state index contributed by atoms with van der Waals surface area (Å²) in [6.07, 6.45) is 0.730. The fourth-order valence-corrected chi connectivity index (χ4v) is 1.76. The maximum atomic E-state index is 11.6. The van der Waals surface area contributed by atoms with Gasteiger partial charge in [0.05, 0.1) is 7.11 Å². The van der Waals surface area contributed by atoms with E-state index in [2.05, 4.69) is 10.1 Å². The lowest BCUT2D eigenvalue weighted by molar-refractivity contribution is -0.135. The van der Waals surface area contributed by atoms with E-state index in [1.54, 1.807) is 6.07 Å². The minimum atomic E-state index is -0.929. The first kappa shape index (κ1) is 11.3. The Balaban J connectivity index is 2.39. The van der Waals surface area contributed by atoms with Crippen molar-refractivity contribution < 1.29 is 19.1 Å². The molecule has 0 unspecified atom stereocenters. The van der Waals surface area contributed by atoms with Gasteiger partial charge < -0.3 is 10.1 Å². The Morgan fingerprint density at radius 1 is 1.35 bits per heavy atom. The number of fused-ring (bicyclic) bond motifs is 1. The Labute approximate surface area is 97.8 Å². The van der Waals surface area contributed by atoms with Gasteiger partial charge in [-0.2, -0.15) is 0 Å². The first-order valence-corrected chi connectivity index (χ1v) is 5.17. The van der Waals surface area contributed by atoms with E-state index in [1.165, 1.54) is 12.1 Å². The van der Waals surface area contributed by atoms with Crippen LogP contribution in [0.4, 0.5) is 0 Å². The lowest BCUT2D eigenvalue weighted by atomic mass is 9.96. The molecule has 0 atom stereocenters. The number of benzene rings is 1. The molecule has 1 aromatic rings. The first-order chi connectivity index (χ1) is 8.13. The number of ketones is 1. The zero-order valence-electron chi connectivity index (χ0n) is 9.28. The second-order valence-corrected chi connectivity index (χ2v) is 3.70. The van der Waals surface area contributed by atoms with E-state index >= 15 is 0 Å². The molecule has 0 saturated carbocycles. The van der Waals surface area contributed by atoms with E-state index < -0.39 is 11.8 Å². The lowest BCUT2D eigenvalue weighted by Crippen LogP contribution is -2.32. The smallest absolute Gasteiger partial charge is 0.379 e. The molecule has 1 aliphatic heterocycles. The summed E-state index contributed by atoms with van der Waals surface area (Å²) in [7, 11) is 1.14. The highest BCUT2D eigenvalue weighted by atomic mass is 16.5. The predicted octanol–water partition coefficient (Wildman–Crippen LogP) is 0.328. The van der Waals surface area contributed by atoms with E-state index in [1.807, 2.05) is 0 Å². The quantitative estimate of drug-likeness (QED) is 0.454. The average Bonchev–Trinajstić information content (AvgIpc) is 2.37. The van der Waals surface area contributed by atoms with Crippen molar-refractivity contribution in [1.82, 2.24) is 5.32 Å². The zero-order valence-corrected chi connectivity index (χ0v) is 9.28. The van der Waals surface area contributed by atoms with Crippen LogP contribution in [-0.4, -0.2) is 31.3 Å². The molecule has 2 rings (SSSR count). The van der Waals surface area contributed by atoms with Crippen molar-refractivity contribution >= 4 is 17.7 Å². The fraction of sp³-hybridized carbons (Fsp3) is 0.250. The minimum absolute atomic E-state index is 0.174. The summed E-state index contributed by atoms with van der Waals surface area (Å²) in [6.45, 7) is 0.593. The maximum absolute atomic E-state index is 11.6. The minimum Gasteiger partial charge on any atom is -0.463 e. The van der Waals surface area contributed by atoms with Crippen molar-refractivity contribution in [2.24, 2.45) is 0 Å². The highest BCUT2D eigenvalue weighted by molar-refractivity contribution is 6.40. The molecule has 0 aliphatic carbocycles. The number of carbonyl (C=O) groups is 3. The van der Waals surface area contributed by atoms with E-state index in [9.17, 15) is 14.4 Å². The number of hydrogen-bond acceptors (Lipinski definition) is 4. The molecule has 0 saturated heterocycles. The molecule has 1 N–H and O–H groups in total. The molecule has 88 valence electrons. The van der Waals surface area contributed by atoms with Gasteiger partial charge in [0, 0.05) is 17.7 Å². The van der Waals surface area contributed by atoms with Crippen LogP contribution in [0, 0.1) is 0 Å². The number of methoxy groups -OCH3 is 1. The molecule has 0 spiro atoms. The van der Waals surface area contributed by atoms with E-state index in [0.717, 1.165) is 19.1 Å². The van der Waals surface area contributed by atoms with Gasteiger partial charge in [-0.15, -0.1) is 0 Å². The third-order valence-electron chi connectivity index (χ3n) is 2.67. The summed E-state index contributed by atoms with van der Waals surface area (Å²) in [6, 6.07) is 4.67. The number of carbonyl (C=O) groups excluding carboxylic acids is 3. The van der Waals surface area contributed by atoms with Gasteiger partial charge in [-0.1, -0.05) is 12.1 Å². The molecule has 1 aromatic carbocycles. The van der Waals surface area contributed by atoms with Crippen LogP contribution in [0.15, 0.2) is 18.2 Å². The third kappa shape index (κ3) is 2.04. The zero-order chi connectivity index (χ0) is 12.4. The van der Waals surface area contributed by atoms with Crippen molar-refractivity contribution in [3.63, 3.8) is 0 Å². The molecule has 0 bridgehead atoms. The fourth-order valence-electron chi connectivity index (χ4n) is 1.76. The van der Waals surface area contributed by atoms with Crippen LogP contribution in [0.2, 0.25) is 0 Å². The lowest BCUT2D eigenvalue weighted by Gasteiger charge is -2.16. The number of rotatable bonds is 2. The van der Waals surface area contributed by atoms with Crippen molar-refractivity contribution in [3.05, 3.63) is 34.9 Å². The predicted molar refractivity (Wildman–Crippen MR) is 58.8 cm³/mol. The average molecular weight is 233 g/mol. The standard InChI is InChI=1S/C12H11NO4/c1-17-12(16)10(14)8-3-2-7-4-5-13-11(15)9(7)6-8/h2-3,6H,4-5H2,1H3,(H,13,15). The number of hydrogen-bond donors (Lipinski definition) is 1. The van der Waals surface area contributed by atoms with Crippen LogP contribution < -0.4 is 5.32 Å². The monoisotopic (exact) mass is 233 g/mol. The number of amides is 1. The molecular weight excluding hydrogens is 222 g/mol. The molecule has 5 heteroatoms. The van der Waals surface area contributed by atoms with Crippen LogP contribution >= 0.6 is 0 Å². The summed E-state index contributed by atoms with van der Waals surface area (Å²) in [5, 5.41) is 2.68. The van der Waals surface area contributed by atoms with E-state index in [0.29, 0.717) is 12.1 Å². The molecule has 1 amide bonds. The van der Waals surface area contributed by atoms with Crippen LogP contribution in [0.3, 0.4) is 0 Å². The second-order valence-electron chi connectivity index (χ2n) is 3.70. The summed E-state index contributed by atoms with van der Waals surface area (Å²) in [5.74, 6) is -1.89. The summed E-state index contributed by atoms with van der Waals surface area (Å²) >= 11 is 0. The Kier molecular flexibility index (Phi) is 2.91. The number of nitrogens with one attached hydrogen (secondary N) is 1. The van der Waals surface area contributed by atoms with E-state index in [4.69, 9.17) is 0 Å². The van der Waals surface area contributed by atoms with Gasteiger partial charge in [-0.3, -0.25) is 9.59 Å². The van der Waals surface area contributed by atoms with Gasteiger partial charge in [0.15, 0.2) is 0 Å². The molecule has 17 heavy (non-hydrogen) atoms. The third-order valence-corrected chi connectivity index (χ3v) is 2.67. The van der Waals surface area contributed by atoms with Gasteiger partial charge in [-0.25, -0.2) is 4.79 Å². The highest BCUT2D eigenvalue weighted by Crippen LogP contribution is 2.16. The molecule has 5 nitrogen and oxygen atoms in total. The highest BCUT2D eigenvalue weighted by Gasteiger charge is 2.21. The van der Waals surface area contributed by atoms with Crippen LogP contribution in [0.25, 0.3) is 0 Å². The Bertz CT molecular complexity index is 507. The van der Waals surface area contributed by atoms with Crippen molar-refractivity contribution in [1.29, 1.82) is 0 Å². The van der Waals surface area contributed by atoms with Gasteiger partial charge >= 0.3 is 5.97 Å². The molecule has 0 fully saturated rings. The van der Waals surface area contributed by atoms with E-state index in [-0.39, 0.29) is 11.5 Å². The van der Waals surface area contributed by atoms with Crippen molar-refractivity contribution in [3.8, 4) is 0 Å². The summed E-state index contributed by atoms with van der Waals surface area (Å²) in [5.41, 5.74) is 1.51. The summed E-state index contributed by atoms with van der Waals surface area (Å²) < 4.78 is 4.35. The van der Waals surface area contributed by atoms with Gasteiger partial charge in [0.2, 0.25) is 0 Å². The molecule has 0 aromatic heterocycles. The van der Waals surface area contributed by atoms with Crippen LogP contribution in [0.1, 0.15) is 26.3 Å². The van der Waals surface area contributed by atoms with Crippen molar-refractivity contribution in [2.45, 2.75) is 6.42 Å². The molecule has 1 heterocycles. The van der Waals surface area contributed by atoms with Gasteiger partial charge in [0.25, 0.3) is 11.7 Å². The number of Topliss-reactive ketones (excluding diaryl/α,β-unsaturated/α-hetero) is 1. The SMILES string of the molecule is COC(=O)C(=O)c1ccc2c(c1)C(=O)NCC2. The first-order valence-electron chi connectivity index (χ1n) is 5.17.